The molecule has 20 heavy (non-hydrogen) atoms. The summed E-state index contributed by atoms with van der Waals surface area (Å²) >= 11 is 0. The Morgan fingerprint density at radius 1 is 1.35 bits per heavy atom. The summed E-state index contributed by atoms with van der Waals surface area (Å²) in [4.78, 5) is 22.3. The highest BCUT2D eigenvalue weighted by molar-refractivity contribution is 5.73. The number of rotatable bonds is 7. The number of carboxylic acid groups (broad SMARTS) is 1. The van der Waals surface area contributed by atoms with Gasteiger partial charge in [0.15, 0.2) is 11.6 Å². The highest BCUT2D eigenvalue weighted by Gasteiger charge is 2.21. The van der Waals surface area contributed by atoms with Crippen LogP contribution in [0.1, 0.15) is 31.2 Å². The third-order valence-electron chi connectivity index (χ3n) is 2.79. The van der Waals surface area contributed by atoms with Gasteiger partial charge in [0.2, 0.25) is 0 Å². The third-order valence-corrected chi connectivity index (χ3v) is 2.79. The lowest BCUT2D eigenvalue weighted by atomic mass is 9.92. The van der Waals surface area contributed by atoms with Gasteiger partial charge in [0.25, 0.3) is 0 Å². The third kappa shape index (κ3) is 4.53. The Labute approximate surface area is 116 Å². The van der Waals surface area contributed by atoms with Gasteiger partial charge in [-0.1, -0.05) is 6.07 Å². The van der Waals surface area contributed by atoms with Crippen LogP contribution in [0.5, 0.6) is 5.75 Å². The largest absolute Gasteiger partial charge is 0.494 e. The number of aliphatic carboxylic acids is 1. The molecule has 6 heteroatoms. The van der Waals surface area contributed by atoms with Crippen LogP contribution in [0, 0.1) is 5.82 Å². The molecule has 0 radical (unpaired) electrons. The molecule has 0 aromatic heterocycles. The van der Waals surface area contributed by atoms with Crippen LogP contribution in [0.3, 0.4) is 0 Å². The molecule has 0 fully saturated rings. The minimum absolute atomic E-state index is 0.0685. The number of carbonyl (C=O) groups excluding carboxylic acids is 1. The molecule has 0 aliphatic heterocycles. The second-order valence-electron chi connectivity index (χ2n) is 4.20. The van der Waals surface area contributed by atoms with E-state index in [9.17, 15) is 14.0 Å². The van der Waals surface area contributed by atoms with Gasteiger partial charge >= 0.3 is 11.9 Å². The first kappa shape index (κ1) is 15.9. The number of carboxylic acids is 1. The molecule has 0 saturated heterocycles. The van der Waals surface area contributed by atoms with E-state index in [1.807, 2.05) is 0 Å². The monoisotopic (exact) mass is 284 g/mol. The summed E-state index contributed by atoms with van der Waals surface area (Å²) in [6.45, 7) is 1.88. The number of halogens is 1. The molecule has 110 valence electrons. The van der Waals surface area contributed by atoms with E-state index in [4.69, 9.17) is 14.6 Å². The first-order chi connectivity index (χ1) is 9.47. The Balaban J connectivity index is 2.94. The van der Waals surface area contributed by atoms with E-state index in [1.54, 1.807) is 13.0 Å². The summed E-state index contributed by atoms with van der Waals surface area (Å²) in [5, 5.41) is 8.89. The van der Waals surface area contributed by atoms with E-state index in [-0.39, 0.29) is 25.2 Å². The van der Waals surface area contributed by atoms with Crippen LogP contribution in [0.4, 0.5) is 4.39 Å². The Kier molecular flexibility index (Phi) is 5.96. The molecule has 0 aliphatic rings. The molecule has 0 amide bonds. The van der Waals surface area contributed by atoms with E-state index in [1.165, 1.54) is 19.2 Å². The van der Waals surface area contributed by atoms with E-state index >= 15 is 0 Å². The number of esters is 1. The predicted octanol–water partition coefficient (Wildman–Crippen LogP) is 2.35. The molecule has 1 aromatic rings. The zero-order chi connectivity index (χ0) is 15.1. The van der Waals surface area contributed by atoms with Crippen LogP contribution in [0.25, 0.3) is 0 Å². The molecule has 1 unspecified atom stereocenters. The van der Waals surface area contributed by atoms with Gasteiger partial charge in [-0.15, -0.1) is 0 Å². The van der Waals surface area contributed by atoms with Gasteiger partial charge < -0.3 is 14.6 Å². The predicted molar refractivity (Wildman–Crippen MR) is 69.2 cm³/mol. The highest BCUT2D eigenvalue weighted by Crippen LogP contribution is 2.28. The van der Waals surface area contributed by atoms with Crippen molar-refractivity contribution in [2.24, 2.45) is 0 Å². The SMILES string of the molecule is CCOC(=O)CC(CC(=O)O)c1ccc(OC)c(F)c1. The summed E-state index contributed by atoms with van der Waals surface area (Å²) in [6, 6.07) is 4.14. The Morgan fingerprint density at radius 3 is 2.55 bits per heavy atom. The van der Waals surface area contributed by atoms with Crippen LogP contribution in [-0.4, -0.2) is 30.8 Å². The molecule has 1 atom stereocenters. The van der Waals surface area contributed by atoms with Crippen molar-refractivity contribution in [1.82, 2.24) is 0 Å². The minimum atomic E-state index is -1.06. The second kappa shape index (κ2) is 7.47. The highest BCUT2D eigenvalue weighted by atomic mass is 19.1. The van der Waals surface area contributed by atoms with Gasteiger partial charge in [0, 0.05) is 5.92 Å². The smallest absolute Gasteiger partial charge is 0.306 e. The van der Waals surface area contributed by atoms with Gasteiger partial charge in [-0.2, -0.15) is 0 Å². The molecule has 0 saturated carbocycles. The number of methoxy groups -OCH3 is 1. The van der Waals surface area contributed by atoms with Crippen molar-refractivity contribution < 1.29 is 28.6 Å². The Morgan fingerprint density at radius 2 is 2.05 bits per heavy atom. The zero-order valence-electron chi connectivity index (χ0n) is 11.4. The van der Waals surface area contributed by atoms with Crippen LogP contribution >= 0.6 is 0 Å². The van der Waals surface area contributed by atoms with E-state index in [0.717, 1.165) is 0 Å². The Bertz CT molecular complexity index is 486. The number of carbonyl (C=O) groups is 2. The lowest BCUT2D eigenvalue weighted by Crippen LogP contribution is -2.14. The van der Waals surface area contributed by atoms with Crippen molar-refractivity contribution in [1.29, 1.82) is 0 Å². The van der Waals surface area contributed by atoms with Crippen molar-refractivity contribution >= 4 is 11.9 Å². The molecule has 0 heterocycles. The summed E-state index contributed by atoms with van der Waals surface area (Å²) in [5.41, 5.74) is 0.429. The minimum Gasteiger partial charge on any atom is -0.494 e. The number of hydrogen-bond acceptors (Lipinski definition) is 4. The van der Waals surface area contributed by atoms with Gasteiger partial charge in [0.05, 0.1) is 26.6 Å². The first-order valence-corrected chi connectivity index (χ1v) is 6.18. The van der Waals surface area contributed by atoms with Gasteiger partial charge in [0.1, 0.15) is 0 Å². The maximum atomic E-state index is 13.6. The van der Waals surface area contributed by atoms with Crippen molar-refractivity contribution in [3.8, 4) is 5.75 Å². The summed E-state index contributed by atoms with van der Waals surface area (Å²) < 4.78 is 23.2. The average Bonchev–Trinajstić information content (AvgIpc) is 2.37. The van der Waals surface area contributed by atoms with Crippen LogP contribution in [-0.2, 0) is 14.3 Å². The average molecular weight is 284 g/mol. The maximum absolute atomic E-state index is 13.6. The molecule has 0 spiro atoms. The molecule has 1 rings (SSSR count). The first-order valence-electron chi connectivity index (χ1n) is 6.18. The fraction of sp³-hybridized carbons (Fsp3) is 0.429. The standard InChI is InChI=1S/C14H17FO5/c1-3-20-14(18)8-10(7-13(16)17)9-4-5-12(19-2)11(15)6-9/h4-6,10H,3,7-8H2,1-2H3,(H,16,17). The second-order valence-corrected chi connectivity index (χ2v) is 4.20. The van der Waals surface area contributed by atoms with Gasteiger partial charge in [-0.25, -0.2) is 4.39 Å². The van der Waals surface area contributed by atoms with Crippen LogP contribution in [0.15, 0.2) is 18.2 Å². The molecule has 1 N–H and O–H groups in total. The zero-order valence-corrected chi connectivity index (χ0v) is 11.4. The van der Waals surface area contributed by atoms with Gasteiger partial charge in [-0.3, -0.25) is 9.59 Å². The lowest BCUT2D eigenvalue weighted by molar-refractivity contribution is -0.144. The molecule has 1 aromatic carbocycles. The van der Waals surface area contributed by atoms with Crippen molar-refractivity contribution in [2.45, 2.75) is 25.7 Å². The quantitative estimate of drug-likeness (QED) is 0.778. The molecule has 0 bridgehead atoms. The maximum Gasteiger partial charge on any atom is 0.306 e. The van der Waals surface area contributed by atoms with Crippen LogP contribution in [0.2, 0.25) is 0 Å². The van der Waals surface area contributed by atoms with Gasteiger partial charge in [-0.05, 0) is 24.6 Å². The number of ether oxygens (including phenoxy) is 2. The fourth-order valence-corrected chi connectivity index (χ4v) is 1.88. The van der Waals surface area contributed by atoms with Crippen molar-refractivity contribution in [3.63, 3.8) is 0 Å². The lowest BCUT2D eigenvalue weighted by Gasteiger charge is -2.15. The van der Waals surface area contributed by atoms with Crippen molar-refractivity contribution in [2.75, 3.05) is 13.7 Å². The van der Waals surface area contributed by atoms with E-state index in [2.05, 4.69) is 0 Å². The number of benzene rings is 1. The summed E-state index contributed by atoms with van der Waals surface area (Å²) in [7, 11) is 1.34. The number of hydrogen-bond donors (Lipinski definition) is 1. The molecule has 0 aliphatic carbocycles. The normalized spacial score (nSPS) is 11.8. The summed E-state index contributed by atoms with van der Waals surface area (Å²) in [5.74, 6) is -2.72. The van der Waals surface area contributed by atoms with E-state index < -0.39 is 23.7 Å². The molecular weight excluding hydrogens is 267 g/mol. The summed E-state index contributed by atoms with van der Waals surface area (Å²) in [6.07, 6.45) is -0.378. The fourth-order valence-electron chi connectivity index (χ4n) is 1.88. The Hall–Kier alpha value is -2.11. The van der Waals surface area contributed by atoms with E-state index in [0.29, 0.717) is 5.56 Å². The molecular formula is C14H17FO5. The van der Waals surface area contributed by atoms with Crippen molar-refractivity contribution in [3.05, 3.63) is 29.6 Å². The molecule has 5 nitrogen and oxygen atoms in total. The van der Waals surface area contributed by atoms with Crippen LogP contribution < -0.4 is 4.74 Å². The topological polar surface area (TPSA) is 72.8 Å².